The normalized spacial score (nSPS) is 16.5. The second-order valence-electron chi connectivity index (χ2n) is 6.85. The maximum Gasteiger partial charge on any atom is 0.246 e. The zero-order valence-corrected chi connectivity index (χ0v) is 17.9. The minimum Gasteiger partial charge on any atom is -0.492 e. The SMILES string of the molecule is CCCCC(CC)C(=O)Nc1ccc(OCC)c(S(=O)(=O)N2CCOCC2)c1. The summed E-state index contributed by atoms with van der Waals surface area (Å²) in [6.07, 6.45) is 3.61. The molecule has 2 rings (SSSR count). The molecule has 0 aliphatic carbocycles. The van der Waals surface area contributed by atoms with Crippen LogP contribution in [0.3, 0.4) is 0 Å². The minimum atomic E-state index is -3.74. The van der Waals surface area contributed by atoms with Gasteiger partial charge in [0.05, 0.1) is 19.8 Å². The van der Waals surface area contributed by atoms with Gasteiger partial charge in [-0.3, -0.25) is 4.79 Å². The number of nitrogens with one attached hydrogen (secondary N) is 1. The van der Waals surface area contributed by atoms with Crippen molar-refractivity contribution in [3.63, 3.8) is 0 Å². The van der Waals surface area contributed by atoms with Crippen molar-refractivity contribution in [2.24, 2.45) is 5.92 Å². The molecule has 1 N–H and O–H groups in total. The summed E-state index contributed by atoms with van der Waals surface area (Å²) >= 11 is 0. The second kappa shape index (κ2) is 10.8. The lowest BCUT2D eigenvalue weighted by molar-refractivity contribution is -0.120. The number of rotatable bonds is 10. The first kappa shape index (κ1) is 22.6. The van der Waals surface area contributed by atoms with E-state index in [0.29, 0.717) is 44.3 Å². The molecule has 0 saturated carbocycles. The van der Waals surface area contributed by atoms with Gasteiger partial charge in [-0.05, 0) is 38.0 Å². The van der Waals surface area contributed by atoms with Gasteiger partial charge >= 0.3 is 0 Å². The molecule has 0 radical (unpaired) electrons. The smallest absolute Gasteiger partial charge is 0.246 e. The molecule has 1 unspecified atom stereocenters. The van der Waals surface area contributed by atoms with Gasteiger partial charge in [-0.15, -0.1) is 0 Å². The zero-order valence-electron chi connectivity index (χ0n) is 17.1. The molecule has 1 aromatic carbocycles. The van der Waals surface area contributed by atoms with Gasteiger partial charge in [0.1, 0.15) is 10.6 Å². The van der Waals surface area contributed by atoms with E-state index in [1.807, 2.05) is 6.92 Å². The van der Waals surface area contributed by atoms with Gasteiger partial charge in [-0.2, -0.15) is 4.31 Å². The fourth-order valence-electron chi connectivity index (χ4n) is 3.20. The van der Waals surface area contributed by atoms with Crippen molar-refractivity contribution in [3.05, 3.63) is 18.2 Å². The van der Waals surface area contributed by atoms with Crippen LogP contribution in [0.15, 0.2) is 23.1 Å². The Balaban J connectivity index is 2.28. The lowest BCUT2D eigenvalue weighted by Crippen LogP contribution is -2.40. The summed E-state index contributed by atoms with van der Waals surface area (Å²) in [4.78, 5) is 12.7. The van der Waals surface area contributed by atoms with Crippen LogP contribution in [0.25, 0.3) is 0 Å². The lowest BCUT2D eigenvalue weighted by Gasteiger charge is -2.27. The van der Waals surface area contributed by atoms with Crippen LogP contribution in [0.2, 0.25) is 0 Å². The molecule has 0 bridgehead atoms. The number of ether oxygens (including phenoxy) is 2. The van der Waals surface area contributed by atoms with E-state index in [4.69, 9.17) is 9.47 Å². The van der Waals surface area contributed by atoms with E-state index >= 15 is 0 Å². The van der Waals surface area contributed by atoms with Crippen LogP contribution in [-0.4, -0.2) is 51.5 Å². The third-order valence-corrected chi connectivity index (χ3v) is 6.79. The Labute approximate surface area is 168 Å². The van der Waals surface area contributed by atoms with E-state index in [2.05, 4.69) is 12.2 Å². The summed E-state index contributed by atoms with van der Waals surface area (Å²) in [5.41, 5.74) is 0.468. The average Bonchev–Trinajstić information content (AvgIpc) is 2.70. The van der Waals surface area contributed by atoms with Crippen molar-refractivity contribution in [1.82, 2.24) is 4.31 Å². The number of hydrogen-bond acceptors (Lipinski definition) is 5. The molecule has 1 amide bonds. The molecule has 1 saturated heterocycles. The van der Waals surface area contributed by atoms with Crippen LogP contribution >= 0.6 is 0 Å². The predicted octanol–water partition coefficient (Wildman–Crippen LogP) is 3.26. The number of unbranched alkanes of at least 4 members (excludes halogenated alkanes) is 1. The molecule has 1 atom stereocenters. The minimum absolute atomic E-state index is 0.0742. The number of carbonyl (C=O) groups is 1. The molecule has 1 aromatic rings. The molecular weight excluding hydrogens is 380 g/mol. The first-order valence-electron chi connectivity index (χ1n) is 10.1. The molecule has 8 heteroatoms. The van der Waals surface area contributed by atoms with E-state index in [-0.39, 0.29) is 16.7 Å². The fourth-order valence-corrected chi connectivity index (χ4v) is 4.77. The quantitative estimate of drug-likeness (QED) is 0.638. The average molecular weight is 413 g/mol. The molecule has 7 nitrogen and oxygen atoms in total. The van der Waals surface area contributed by atoms with Crippen LogP contribution in [0.5, 0.6) is 5.75 Å². The van der Waals surface area contributed by atoms with Gasteiger partial charge in [0.25, 0.3) is 0 Å². The molecule has 158 valence electrons. The van der Waals surface area contributed by atoms with Crippen LogP contribution in [0, 0.1) is 5.92 Å². The number of anilines is 1. The van der Waals surface area contributed by atoms with Crippen molar-refractivity contribution in [2.45, 2.75) is 51.3 Å². The van der Waals surface area contributed by atoms with Crippen LogP contribution in [0.1, 0.15) is 46.5 Å². The van der Waals surface area contributed by atoms with Crippen LogP contribution in [-0.2, 0) is 19.6 Å². The molecule has 1 fully saturated rings. The summed E-state index contributed by atoms with van der Waals surface area (Å²) in [6, 6.07) is 4.80. The van der Waals surface area contributed by atoms with Gasteiger partial charge < -0.3 is 14.8 Å². The number of carbonyl (C=O) groups excluding carboxylic acids is 1. The first-order chi connectivity index (χ1) is 13.4. The summed E-state index contributed by atoms with van der Waals surface area (Å²) in [5.74, 6) is 0.144. The second-order valence-corrected chi connectivity index (χ2v) is 8.75. The van der Waals surface area contributed by atoms with Crippen LogP contribution < -0.4 is 10.1 Å². The topological polar surface area (TPSA) is 84.9 Å². The Morgan fingerprint density at radius 3 is 2.57 bits per heavy atom. The van der Waals surface area contributed by atoms with Crippen molar-refractivity contribution < 1.29 is 22.7 Å². The Bertz CT molecular complexity index is 745. The number of morpholine rings is 1. The number of nitrogens with zero attached hydrogens (tertiary/aromatic N) is 1. The molecule has 1 aliphatic rings. The molecule has 1 heterocycles. The highest BCUT2D eigenvalue weighted by atomic mass is 32.2. The van der Waals surface area contributed by atoms with Gasteiger partial charge in [0.15, 0.2) is 0 Å². The monoisotopic (exact) mass is 412 g/mol. The summed E-state index contributed by atoms with van der Waals surface area (Å²) < 4.78 is 38.5. The van der Waals surface area contributed by atoms with Crippen molar-refractivity contribution in [3.8, 4) is 5.75 Å². The Morgan fingerprint density at radius 1 is 1.25 bits per heavy atom. The molecule has 0 aromatic heterocycles. The number of sulfonamides is 1. The van der Waals surface area contributed by atoms with Crippen LogP contribution in [0.4, 0.5) is 5.69 Å². The molecular formula is C20H32N2O5S. The number of amides is 1. The number of benzene rings is 1. The zero-order chi connectivity index (χ0) is 20.6. The van der Waals surface area contributed by atoms with Crippen molar-refractivity contribution in [2.75, 3.05) is 38.2 Å². The van der Waals surface area contributed by atoms with Gasteiger partial charge in [0, 0.05) is 24.7 Å². The Hall–Kier alpha value is -1.64. The summed E-state index contributed by atoms with van der Waals surface area (Å²) in [7, 11) is -3.74. The molecule has 28 heavy (non-hydrogen) atoms. The standard InChI is InChI=1S/C20H32N2O5S/c1-4-7-8-16(5-2)20(23)21-17-9-10-18(27-6-3)19(15-17)28(24,25)22-11-13-26-14-12-22/h9-10,15-16H,4-8,11-14H2,1-3H3,(H,21,23). The maximum atomic E-state index is 13.1. The number of hydrogen-bond donors (Lipinski definition) is 1. The summed E-state index contributed by atoms with van der Waals surface area (Å²) in [5, 5.41) is 2.88. The predicted molar refractivity (Wildman–Crippen MR) is 109 cm³/mol. The first-order valence-corrected chi connectivity index (χ1v) is 11.5. The maximum absolute atomic E-state index is 13.1. The van der Waals surface area contributed by atoms with Crippen molar-refractivity contribution >= 4 is 21.6 Å². The Morgan fingerprint density at radius 2 is 1.96 bits per heavy atom. The van der Waals surface area contributed by atoms with Gasteiger partial charge in [-0.25, -0.2) is 8.42 Å². The third kappa shape index (κ3) is 5.68. The highest BCUT2D eigenvalue weighted by Crippen LogP contribution is 2.31. The van der Waals surface area contributed by atoms with Gasteiger partial charge in [0.2, 0.25) is 15.9 Å². The molecule has 0 spiro atoms. The molecule has 1 aliphatic heterocycles. The van der Waals surface area contributed by atoms with E-state index < -0.39 is 10.0 Å². The summed E-state index contributed by atoms with van der Waals surface area (Å²) in [6.45, 7) is 7.60. The largest absolute Gasteiger partial charge is 0.492 e. The van der Waals surface area contributed by atoms with E-state index in [1.165, 1.54) is 10.4 Å². The van der Waals surface area contributed by atoms with E-state index in [1.54, 1.807) is 19.1 Å². The van der Waals surface area contributed by atoms with Crippen molar-refractivity contribution in [1.29, 1.82) is 0 Å². The highest BCUT2D eigenvalue weighted by Gasteiger charge is 2.30. The van der Waals surface area contributed by atoms with E-state index in [9.17, 15) is 13.2 Å². The van der Waals surface area contributed by atoms with E-state index in [0.717, 1.165) is 25.7 Å². The third-order valence-electron chi connectivity index (χ3n) is 4.87. The fraction of sp³-hybridized carbons (Fsp3) is 0.650. The lowest BCUT2D eigenvalue weighted by atomic mass is 9.98. The highest BCUT2D eigenvalue weighted by molar-refractivity contribution is 7.89. The Kier molecular flexibility index (Phi) is 8.72. The van der Waals surface area contributed by atoms with Gasteiger partial charge in [-0.1, -0.05) is 26.7 Å².